The van der Waals surface area contributed by atoms with Gasteiger partial charge < -0.3 is 10.5 Å². The zero-order valence-electron chi connectivity index (χ0n) is 11.6. The molecule has 1 aliphatic carbocycles. The topological polar surface area (TPSA) is 35.2 Å². The van der Waals surface area contributed by atoms with Gasteiger partial charge in [-0.15, -0.1) is 0 Å². The highest BCUT2D eigenvalue weighted by molar-refractivity contribution is 5.33. The van der Waals surface area contributed by atoms with Gasteiger partial charge in [0.25, 0.3) is 0 Å². The standard InChI is InChI=1S/C16H25NO/c1-3-18-15-6-4-14(5-7-15)16(12-17)10-8-13(2)9-11-16/h4-7,13H,3,8-12,17H2,1-2H3. The van der Waals surface area contributed by atoms with Crippen LogP contribution in [0.4, 0.5) is 0 Å². The van der Waals surface area contributed by atoms with Gasteiger partial charge in [-0.1, -0.05) is 19.1 Å². The van der Waals surface area contributed by atoms with Gasteiger partial charge in [0.05, 0.1) is 6.61 Å². The zero-order valence-corrected chi connectivity index (χ0v) is 11.6. The maximum absolute atomic E-state index is 6.08. The molecule has 0 spiro atoms. The first-order valence-electron chi connectivity index (χ1n) is 7.13. The second kappa shape index (κ2) is 5.75. The number of nitrogens with two attached hydrogens (primary N) is 1. The van der Waals surface area contributed by atoms with E-state index in [0.717, 1.165) is 24.8 Å². The molecule has 0 bridgehead atoms. The maximum Gasteiger partial charge on any atom is 0.119 e. The molecule has 0 atom stereocenters. The lowest BCUT2D eigenvalue weighted by Gasteiger charge is -2.39. The van der Waals surface area contributed by atoms with E-state index in [1.54, 1.807) is 0 Å². The molecular weight excluding hydrogens is 222 g/mol. The monoisotopic (exact) mass is 247 g/mol. The van der Waals surface area contributed by atoms with Crippen molar-refractivity contribution in [1.82, 2.24) is 0 Å². The third-order valence-electron chi connectivity index (χ3n) is 4.40. The number of hydrogen-bond donors (Lipinski definition) is 1. The molecule has 1 aromatic rings. The van der Waals surface area contributed by atoms with Gasteiger partial charge in [-0.05, 0) is 56.2 Å². The molecule has 0 radical (unpaired) electrons. The molecule has 0 amide bonds. The second-order valence-corrected chi connectivity index (χ2v) is 5.62. The van der Waals surface area contributed by atoms with Crippen LogP contribution < -0.4 is 10.5 Å². The van der Waals surface area contributed by atoms with E-state index in [-0.39, 0.29) is 5.41 Å². The van der Waals surface area contributed by atoms with Crippen molar-refractivity contribution < 1.29 is 4.74 Å². The maximum atomic E-state index is 6.08. The van der Waals surface area contributed by atoms with Crippen LogP contribution in [-0.4, -0.2) is 13.2 Å². The number of ether oxygens (including phenoxy) is 1. The normalized spacial score (nSPS) is 28.1. The molecule has 2 heteroatoms. The van der Waals surface area contributed by atoms with Crippen molar-refractivity contribution in [1.29, 1.82) is 0 Å². The average Bonchev–Trinajstić information content (AvgIpc) is 2.42. The van der Waals surface area contributed by atoms with Gasteiger partial charge in [0, 0.05) is 12.0 Å². The first-order valence-corrected chi connectivity index (χ1v) is 7.13. The van der Waals surface area contributed by atoms with Gasteiger partial charge in [0.15, 0.2) is 0 Å². The van der Waals surface area contributed by atoms with Gasteiger partial charge in [-0.25, -0.2) is 0 Å². The summed E-state index contributed by atoms with van der Waals surface area (Å²) in [7, 11) is 0. The molecule has 2 nitrogen and oxygen atoms in total. The third kappa shape index (κ3) is 2.69. The molecule has 18 heavy (non-hydrogen) atoms. The Bertz CT molecular complexity index is 363. The Labute approximate surface area is 111 Å². The fraction of sp³-hybridized carbons (Fsp3) is 0.625. The minimum atomic E-state index is 0.206. The minimum absolute atomic E-state index is 0.206. The van der Waals surface area contributed by atoms with E-state index in [1.807, 2.05) is 6.92 Å². The van der Waals surface area contributed by atoms with Crippen LogP contribution in [0.15, 0.2) is 24.3 Å². The molecule has 0 aromatic heterocycles. The molecule has 0 aliphatic heterocycles. The smallest absolute Gasteiger partial charge is 0.119 e. The summed E-state index contributed by atoms with van der Waals surface area (Å²) in [5.41, 5.74) is 7.68. The highest BCUT2D eigenvalue weighted by Crippen LogP contribution is 2.41. The van der Waals surface area contributed by atoms with Crippen molar-refractivity contribution in [2.75, 3.05) is 13.2 Å². The molecule has 0 unspecified atom stereocenters. The fourth-order valence-corrected chi connectivity index (χ4v) is 3.00. The summed E-state index contributed by atoms with van der Waals surface area (Å²) < 4.78 is 5.50. The van der Waals surface area contributed by atoms with Crippen LogP contribution in [0, 0.1) is 5.92 Å². The van der Waals surface area contributed by atoms with Crippen molar-refractivity contribution >= 4 is 0 Å². The Morgan fingerprint density at radius 2 is 1.83 bits per heavy atom. The van der Waals surface area contributed by atoms with Crippen molar-refractivity contribution in [3.8, 4) is 5.75 Å². The lowest BCUT2D eigenvalue weighted by atomic mass is 9.67. The molecule has 0 saturated heterocycles. The van der Waals surface area contributed by atoms with E-state index in [0.29, 0.717) is 0 Å². The van der Waals surface area contributed by atoms with Gasteiger partial charge in [-0.3, -0.25) is 0 Å². The second-order valence-electron chi connectivity index (χ2n) is 5.62. The molecule has 1 aromatic carbocycles. The first kappa shape index (κ1) is 13.4. The van der Waals surface area contributed by atoms with E-state index in [4.69, 9.17) is 10.5 Å². The lowest BCUT2D eigenvalue weighted by molar-refractivity contribution is 0.247. The van der Waals surface area contributed by atoms with Crippen molar-refractivity contribution in [2.24, 2.45) is 11.7 Å². The first-order chi connectivity index (χ1) is 8.70. The van der Waals surface area contributed by atoms with Crippen LogP contribution in [0.2, 0.25) is 0 Å². The summed E-state index contributed by atoms with van der Waals surface area (Å²) in [6.45, 7) is 5.84. The molecule has 2 N–H and O–H groups in total. The number of benzene rings is 1. The molecular formula is C16H25NO. The molecule has 1 aliphatic rings. The minimum Gasteiger partial charge on any atom is -0.494 e. The summed E-state index contributed by atoms with van der Waals surface area (Å²) in [5.74, 6) is 1.81. The summed E-state index contributed by atoms with van der Waals surface area (Å²) in [4.78, 5) is 0. The third-order valence-corrected chi connectivity index (χ3v) is 4.40. The van der Waals surface area contributed by atoms with Crippen LogP contribution in [-0.2, 0) is 5.41 Å². The van der Waals surface area contributed by atoms with Gasteiger partial charge in [0.2, 0.25) is 0 Å². The lowest BCUT2D eigenvalue weighted by Crippen LogP contribution is -2.38. The summed E-state index contributed by atoms with van der Waals surface area (Å²) in [6, 6.07) is 8.56. The van der Waals surface area contributed by atoms with E-state index >= 15 is 0 Å². The Morgan fingerprint density at radius 1 is 1.22 bits per heavy atom. The molecule has 0 heterocycles. The van der Waals surface area contributed by atoms with Crippen LogP contribution >= 0.6 is 0 Å². The van der Waals surface area contributed by atoms with Crippen LogP contribution in [0.3, 0.4) is 0 Å². The quantitative estimate of drug-likeness (QED) is 0.884. The highest BCUT2D eigenvalue weighted by atomic mass is 16.5. The van der Waals surface area contributed by atoms with Crippen LogP contribution in [0.5, 0.6) is 5.75 Å². The van der Waals surface area contributed by atoms with E-state index in [1.165, 1.54) is 31.2 Å². The zero-order chi connectivity index (χ0) is 13.0. The summed E-state index contributed by atoms with van der Waals surface area (Å²) >= 11 is 0. The van der Waals surface area contributed by atoms with Crippen LogP contribution in [0.25, 0.3) is 0 Å². The van der Waals surface area contributed by atoms with Crippen molar-refractivity contribution in [3.63, 3.8) is 0 Å². The van der Waals surface area contributed by atoms with Gasteiger partial charge in [0.1, 0.15) is 5.75 Å². The van der Waals surface area contributed by atoms with Crippen molar-refractivity contribution in [2.45, 2.75) is 44.9 Å². The van der Waals surface area contributed by atoms with Gasteiger partial charge in [-0.2, -0.15) is 0 Å². The number of rotatable bonds is 4. The molecule has 2 rings (SSSR count). The molecule has 1 fully saturated rings. The van der Waals surface area contributed by atoms with E-state index in [2.05, 4.69) is 31.2 Å². The Balaban J connectivity index is 2.16. The number of hydrogen-bond acceptors (Lipinski definition) is 2. The summed E-state index contributed by atoms with van der Waals surface area (Å²) in [6.07, 6.45) is 5.03. The van der Waals surface area contributed by atoms with Crippen LogP contribution in [0.1, 0.15) is 45.1 Å². The predicted octanol–water partition coefficient (Wildman–Crippen LogP) is 3.49. The average molecular weight is 247 g/mol. The van der Waals surface area contributed by atoms with Gasteiger partial charge >= 0.3 is 0 Å². The predicted molar refractivity (Wildman–Crippen MR) is 76.0 cm³/mol. The summed E-state index contributed by atoms with van der Waals surface area (Å²) in [5, 5.41) is 0. The Kier molecular flexibility index (Phi) is 4.28. The Hall–Kier alpha value is -1.02. The SMILES string of the molecule is CCOc1ccc(C2(CN)CCC(C)CC2)cc1. The molecule has 100 valence electrons. The van der Waals surface area contributed by atoms with E-state index in [9.17, 15) is 0 Å². The molecule has 1 saturated carbocycles. The highest BCUT2D eigenvalue weighted by Gasteiger charge is 2.34. The largest absolute Gasteiger partial charge is 0.494 e. The Morgan fingerprint density at radius 3 is 2.33 bits per heavy atom. The van der Waals surface area contributed by atoms with E-state index < -0.39 is 0 Å². The fourth-order valence-electron chi connectivity index (χ4n) is 3.00. The van der Waals surface area contributed by atoms with Crippen molar-refractivity contribution in [3.05, 3.63) is 29.8 Å².